The minimum Gasteiger partial charge on any atom is -0.328 e. The fourth-order valence-electron chi connectivity index (χ4n) is 2.91. The largest absolute Gasteiger partial charge is 0.328 e. The molecule has 0 saturated carbocycles. The van der Waals surface area contributed by atoms with Gasteiger partial charge in [0.05, 0.1) is 0 Å². The summed E-state index contributed by atoms with van der Waals surface area (Å²) in [7, 11) is 0. The molecular formula is C16H27N. The van der Waals surface area contributed by atoms with Crippen LogP contribution in [0.25, 0.3) is 0 Å². The maximum Gasteiger partial charge on any atom is 0.00156 e. The first-order valence-electron chi connectivity index (χ1n) is 6.53. The van der Waals surface area contributed by atoms with Crippen molar-refractivity contribution in [1.29, 1.82) is 0 Å². The van der Waals surface area contributed by atoms with Gasteiger partial charge >= 0.3 is 0 Å². The zero-order chi connectivity index (χ0) is 13.2. The van der Waals surface area contributed by atoms with Gasteiger partial charge in [0.1, 0.15) is 0 Å². The predicted octanol–water partition coefficient (Wildman–Crippen LogP) is 3.92. The van der Waals surface area contributed by atoms with Gasteiger partial charge in [0.15, 0.2) is 0 Å². The average molecular weight is 233 g/mol. The van der Waals surface area contributed by atoms with Crippen molar-refractivity contribution in [2.45, 2.75) is 60.4 Å². The van der Waals surface area contributed by atoms with Gasteiger partial charge in [-0.25, -0.2) is 0 Å². The molecule has 0 spiro atoms. The van der Waals surface area contributed by atoms with E-state index in [1.807, 2.05) is 0 Å². The van der Waals surface area contributed by atoms with Crippen LogP contribution in [0.1, 0.15) is 49.4 Å². The predicted molar refractivity (Wildman–Crippen MR) is 76.4 cm³/mol. The van der Waals surface area contributed by atoms with Crippen LogP contribution < -0.4 is 5.73 Å². The third-order valence-corrected chi connectivity index (χ3v) is 3.37. The van der Waals surface area contributed by atoms with E-state index in [0.29, 0.717) is 0 Å². The van der Waals surface area contributed by atoms with Crippen molar-refractivity contribution in [2.75, 3.05) is 0 Å². The minimum atomic E-state index is 0.274. The van der Waals surface area contributed by atoms with Gasteiger partial charge in [0, 0.05) is 6.04 Å². The summed E-state index contributed by atoms with van der Waals surface area (Å²) in [4.78, 5) is 0. The third-order valence-electron chi connectivity index (χ3n) is 3.37. The molecule has 1 atom stereocenters. The number of rotatable bonds is 4. The van der Waals surface area contributed by atoms with Crippen LogP contribution in [-0.4, -0.2) is 6.04 Å². The van der Waals surface area contributed by atoms with Crippen molar-refractivity contribution >= 4 is 0 Å². The molecule has 2 N–H and O–H groups in total. The van der Waals surface area contributed by atoms with Crippen LogP contribution in [0.3, 0.4) is 0 Å². The lowest BCUT2D eigenvalue weighted by Crippen LogP contribution is -2.27. The van der Waals surface area contributed by atoms with Crippen molar-refractivity contribution in [3.8, 4) is 0 Å². The molecule has 0 amide bonds. The quantitative estimate of drug-likeness (QED) is 0.838. The van der Waals surface area contributed by atoms with E-state index in [1.165, 1.54) is 22.3 Å². The summed E-state index contributed by atoms with van der Waals surface area (Å²) in [6, 6.07) is 4.84. The van der Waals surface area contributed by atoms with Crippen molar-refractivity contribution in [3.63, 3.8) is 0 Å². The SMILES string of the molecule is Cc1cc(C)c(CC(C)(C)CC(C)N)c(C)c1. The molecule has 1 rings (SSSR count). The van der Waals surface area contributed by atoms with Crippen LogP contribution in [0, 0.1) is 26.2 Å². The second kappa shape index (κ2) is 5.22. The lowest BCUT2D eigenvalue weighted by molar-refractivity contribution is 0.308. The molecule has 1 heteroatoms. The standard InChI is InChI=1S/C16H27N/c1-11-7-12(2)15(13(3)8-11)10-16(5,6)9-14(4)17/h7-8,14H,9-10,17H2,1-6H3. The van der Waals surface area contributed by atoms with E-state index >= 15 is 0 Å². The minimum absolute atomic E-state index is 0.274. The molecule has 1 nitrogen and oxygen atoms in total. The number of nitrogens with two attached hydrogens (primary N) is 1. The molecule has 0 fully saturated rings. The smallest absolute Gasteiger partial charge is 0.00156 e. The molecule has 0 bridgehead atoms. The van der Waals surface area contributed by atoms with Gasteiger partial charge in [-0.15, -0.1) is 0 Å². The van der Waals surface area contributed by atoms with E-state index < -0.39 is 0 Å². The van der Waals surface area contributed by atoms with Gasteiger partial charge in [0.25, 0.3) is 0 Å². The molecule has 1 aromatic rings. The first-order valence-corrected chi connectivity index (χ1v) is 6.53. The monoisotopic (exact) mass is 233 g/mol. The Hall–Kier alpha value is -0.820. The Morgan fingerprint density at radius 1 is 1.12 bits per heavy atom. The summed E-state index contributed by atoms with van der Waals surface area (Å²) < 4.78 is 0. The van der Waals surface area contributed by atoms with Crippen molar-refractivity contribution in [1.82, 2.24) is 0 Å². The van der Waals surface area contributed by atoms with Gasteiger partial charge in [-0.05, 0) is 62.6 Å². The molecule has 0 aromatic heterocycles. The molecule has 0 aliphatic heterocycles. The number of benzene rings is 1. The van der Waals surface area contributed by atoms with Gasteiger partial charge in [-0.2, -0.15) is 0 Å². The van der Waals surface area contributed by atoms with Gasteiger partial charge in [-0.3, -0.25) is 0 Å². The summed E-state index contributed by atoms with van der Waals surface area (Å²) in [5.41, 5.74) is 11.9. The van der Waals surface area contributed by atoms with Crippen LogP contribution in [0.2, 0.25) is 0 Å². The Balaban J connectivity index is 2.95. The summed E-state index contributed by atoms with van der Waals surface area (Å²) >= 11 is 0. The fourth-order valence-corrected chi connectivity index (χ4v) is 2.91. The Morgan fingerprint density at radius 2 is 1.59 bits per heavy atom. The number of hydrogen-bond donors (Lipinski definition) is 1. The molecule has 1 unspecified atom stereocenters. The van der Waals surface area contributed by atoms with Crippen LogP contribution in [0.5, 0.6) is 0 Å². The maximum absolute atomic E-state index is 5.93. The van der Waals surface area contributed by atoms with Crippen molar-refractivity contribution in [3.05, 3.63) is 34.4 Å². The van der Waals surface area contributed by atoms with E-state index in [-0.39, 0.29) is 11.5 Å². The van der Waals surface area contributed by atoms with Crippen LogP contribution >= 0.6 is 0 Å². The highest BCUT2D eigenvalue weighted by molar-refractivity contribution is 5.38. The van der Waals surface area contributed by atoms with E-state index in [0.717, 1.165) is 12.8 Å². The van der Waals surface area contributed by atoms with E-state index in [4.69, 9.17) is 5.73 Å². The van der Waals surface area contributed by atoms with Gasteiger partial charge in [-0.1, -0.05) is 31.5 Å². The Labute approximate surface area is 106 Å². The van der Waals surface area contributed by atoms with E-state index in [1.54, 1.807) is 0 Å². The molecule has 0 radical (unpaired) electrons. The second-order valence-electron chi connectivity index (χ2n) is 6.40. The molecule has 96 valence electrons. The number of aryl methyl sites for hydroxylation is 3. The Morgan fingerprint density at radius 3 is 2.00 bits per heavy atom. The lowest BCUT2D eigenvalue weighted by atomic mass is 9.78. The molecule has 17 heavy (non-hydrogen) atoms. The normalized spacial score (nSPS) is 13.8. The first-order chi connectivity index (χ1) is 7.71. The van der Waals surface area contributed by atoms with Crippen LogP contribution in [0.15, 0.2) is 12.1 Å². The first kappa shape index (κ1) is 14.2. The third kappa shape index (κ3) is 4.16. The zero-order valence-electron chi connectivity index (χ0n) is 12.2. The fraction of sp³-hybridized carbons (Fsp3) is 0.625. The zero-order valence-corrected chi connectivity index (χ0v) is 12.2. The highest BCUT2D eigenvalue weighted by atomic mass is 14.6. The summed E-state index contributed by atoms with van der Waals surface area (Å²) in [6.07, 6.45) is 2.19. The molecule has 0 saturated heterocycles. The highest BCUT2D eigenvalue weighted by Gasteiger charge is 2.22. The Bertz CT molecular complexity index is 366. The molecule has 0 aliphatic carbocycles. The van der Waals surface area contributed by atoms with Crippen molar-refractivity contribution in [2.24, 2.45) is 11.1 Å². The summed E-state index contributed by atoms with van der Waals surface area (Å²) in [6.45, 7) is 13.3. The molecule has 0 aliphatic rings. The average Bonchev–Trinajstić information content (AvgIpc) is 2.09. The van der Waals surface area contributed by atoms with Gasteiger partial charge in [0.2, 0.25) is 0 Å². The van der Waals surface area contributed by atoms with E-state index in [2.05, 4.69) is 53.7 Å². The molecular weight excluding hydrogens is 206 g/mol. The second-order valence-corrected chi connectivity index (χ2v) is 6.40. The van der Waals surface area contributed by atoms with Gasteiger partial charge < -0.3 is 5.73 Å². The molecule has 1 aromatic carbocycles. The van der Waals surface area contributed by atoms with E-state index in [9.17, 15) is 0 Å². The maximum atomic E-state index is 5.93. The van der Waals surface area contributed by atoms with Crippen LogP contribution in [0.4, 0.5) is 0 Å². The van der Waals surface area contributed by atoms with Crippen molar-refractivity contribution < 1.29 is 0 Å². The molecule has 0 heterocycles. The summed E-state index contributed by atoms with van der Waals surface area (Å²) in [5.74, 6) is 0. The highest BCUT2D eigenvalue weighted by Crippen LogP contribution is 2.30. The number of hydrogen-bond acceptors (Lipinski definition) is 1. The summed E-state index contributed by atoms with van der Waals surface area (Å²) in [5, 5.41) is 0. The Kier molecular flexibility index (Phi) is 4.37. The lowest BCUT2D eigenvalue weighted by Gasteiger charge is -2.28. The topological polar surface area (TPSA) is 26.0 Å². The van der Waals surface area contributed by atoms with Crippen LogP contribution in [-0.2, 0) is 6.42 Å².